The average molecular weight is 537 g/mol. The lowest BCUT2D eigenvalue weighted by Gasteiger charge is -2.35. The van der Waals surface area contributed by atoms with Crippen LogP contribution in [0.25, 0.3) is 16.8 Å². The monoisotopic (exact) mass is 536 g/mol. The number of fused-ring (bicyclic) bond motifs is 5. The quantitative estimate of drug-likeness (QED) is 0.551. The summed E-state index contributed by atoms with van der Waals surface area (Å²) in [5.74, 6) is 0.411. The minimum absolute atomic E-state index is 0.167. The van der Waals surface area contributed by atoms with Crippen LogP contribution in [0.2, 0.25) is 0 Å². The number of nitrogens with one attached hydrogen (secondary N) is 1. The summed E-state index contributed by atoms with van der Waals surface area (Å²) in [6.45, 7) is 10.0. The smallest absolute Gasteiger partial charge is 0.407 e. The fourth-order valence-corrected chi connectivity index (χ4v) is 5.43. The Balaban J connectivity index is 1.86. The van der Waals surface area contributed by atoms with Crippen molar-refractivity contribution in [3.8, 4) is 5.75 Å². The number of hydrogen-bond acceptors (Lipinski definition) is 6. The Bertz CT molecular complexity index is 1290. The van der Waals surface area contributed by atoms with Crippen LogP contribution in [0, 0.1) is 10.8 Å². The Kier molecular flexibility index (Phi) is 7.81. The zero-order chi connectivity index (χ0) is 28.6. The molecular weight excluding hydrogens is 496 g/mol. The van der Waals surface area contributed by atoms with Gasteiger partial charge in [0.15, 0.2) is 0 Å². The fraction of sp³-hybridized carbons (Fsp3) is 0.516. The maximum Gasteiger partial charge on any atom is 0.407 e. The van der Waals surface area contributed by atoms with Gasteiger partial charge in [-0.05, 0) is 46.4 Å². The number of hydrogen-bond donors (Lipinski definition) is 1. The van der Waals surface area contributed by atoms with Crippen LogP contribution < -0.4 is 10.1 Å². The second-order valence-electron chi connectivity index (χ2n) is 12.5. The molecule has 0 radical (unpaired) electrons. The maximum absolute atomic E-state index is 13.9. The zero-order valence-electron chi connectivity index (χ0n) is 24.0. The van der Waals surface area contributed by atoms with Crippen LogP contribution >= 0.6 is 0 Å². The number of alkyl carbamates (subject to hydrolysis) is 1. The summed E-state index contributed by atoms with van der Waals surface area (Å²) in [5, 5.41) is 4.80. The highest BCUT2D eigenvalue weighted by molar-refractivity contribution is 5.90. The standard InChI is InChI=1S/C31H40N2O6/c1-29(2,3)26-27(35)33-18-31(38-7,16-24(33)17-34)23-11-10-20-15-25(37-6)21(13-22(20)14-23)9-8-12-30(4,5)19-39-28(36)32-26/h8-11,13-15,17,24,26H,12,16,18-19H2,1-7H3,(H,32,36)/b9-8+/t24-,26+,31-/m0/s1. The number of amides is 2. The van der Waals surface area contributed by atoms with E-state index in [2.05, 4.69) is 23.5 Å². The number of benzene rings is 2. The van der Waals surface area contributed by atoms with Crippen LogP contribution in [0.15, 0.2) is 36.4 Å². The summed E-state index contributed by atoms with van der Waals surface area (Å²) in [6.07, 6.45) is 5.17. The molecule has 2 aliphatic heterocycles. The lowest BCUT2D eigenvalue weighted by molar-refractivity contribution is -0.139. The van der Waals surface area contributed by atoms with Gasteiger partial charge in [0, 0.05) is 24.5 Å². The molecule has 0 aromatic heterocycles. The first-order valence-corrected chi connectivity index (χ1v) is 13.4. The first-order chi connectivity index (χ1) is 18.3. The molecule has 8 nitrogen and oxygen atoms in total. The van der Waals surface area contributed by atoms with Gasteiger partial charge in [-0.15, -0.1) is 0 Å². The molecule has 4 rings (SSSR count). The van der Waals surface area contributed by atoms with Gasteiger partial charge in [-0.3, -0.25) is 4.79 Å². The number of nitrogens with zero attached hydrogens (tertiary/aromatic N) is 1. The van der Waals surface area contributed by atoms with Crippen LogP contribution in [0.4, 0.5) is 4.79 Å². The Hall–Kier alpha value is -3.39. The van der Waals surface area contributed by atoms with E-state index >= 15 is 0 Å². The van der Waals surface area contributed by atoms with Crippen molar-refractivity contribution in [2.75, 3.05) is 27.4 Å². The molecule has 8 heteroatoms. The Morgan fingerprint density at radius 3 is 2.49 bits per heavy atom. The Morgan fingerprint density at radius 1 is 1.10 bits per heavy atom. The fourth-order valence-electron chi connectivity index (χ4n) is 5.43. The molecule has 0 unspecified atom stereocenters. The van der Waals surface area contributed by atoms with Crippen LogP contribution in [0.5, 0.6) is 5.75 Å². The zero-order valence-corrected chi connectivity index (χ0v) is 24.0. The van der Waals surface area contributed by atoms with Gasteiger partial charge in [0.1, 0.15) is 23.7 Å². The largest absolute Gasteiger partial charge is 0.496 e. The van der Waals surface area contributed by atoms with Crippen LogP contribution in [-0.2, 0) is 24.7 Å². The Morgan fingerprint density at radius 2 is 1.85 bits per heavy atom. The van der Waals surface area contributed by atoms with Gasteiger partial charge in [0.2, 0.25) is 5.91 Å². The number of cyclic esters (lactones) is 1. The summed E-state index contributed by atoms with van der Waals surface area (Å²) in [4.78, 5) is 40.6. The molecule has 1 saturated heterocycles. The van der Waals surface area contributed by atoms with Crippen LogP contribution in [0.3, 0.4) is 0 Å². The number of carbonyl (C=O) groups excluding carboxylic acids is 3. The molecule has 3 atom stereocenters. The molecule has 2 aromatic rings. The van der Waals surface area contributed by atoms with E-state index in [9.17, 15) is 14.4 Å². The van der Waals surface area contributed by atoms with Crippen molar-refractivity contribution < 1.29 is 28.6 Å². The minimum Gasteiger partial charge on any atom is -0.496 e. The first-order valence-electron chi connectivity index (χ1n) is 13.4. The first kappa shape index (κ1) is 28.6. The third-order valence-corrected chi connectivity index (χ3v) is 7.85. The second kappa shape index (κ2) is 10.6. The molecular formula is C31H40N2O6. The third-order valence-electron chi connectivity index (χ3n) is 7.85. The van der Waals surface area contributed by atoms with Crippen molar-refractivity contribution in [3.05, 3.63) is 47.5 Å². The highest BCUT2D eigenvalue weighted by Crippen LogP contribution is 2.41. The highest BCUT2D eigenvalue weighted by atomic mass is 16.5. The van der Waals surface area contributed by atoms with Crippen molar-refractivity contribution in [3.63, 3.8) is 0 Å². The van der Waals surface area contributed by atoms with E-state index in [0.717, 1.165) is 33.9 Å². The average Bonchev–Trinajstić information content (AvgIpc) is 3.29. The molecule has 2 heterocycles. The molecule has 2 aromatic carbocycles. The van der Waals surface area contributed by atoms with E-state index in [4.69, 9.17) is 14.2 Å². The molecule has 210 valence electrons. The van der Waals surface area contributed by atoms with Crippen LogP contribution in [0.1, 0.15) is 58.6 Å². The number of ether oxygens (including phenoxy) is 3. The predicted molar refractivity (Wildman–Crippen MR) is 151 cm³/mol. The summed E-state index contributed by atoms with van der Waals surface area (Å²) >= 11 is 0. The van der Waals surface area contributed by atoms with Gasteiger partial charge in [-0.2, -0.15) is 0 Å². The summed E-state index contributed by atoms with van der Waals surface area (Å²) in [6, 6.07) is 8.53. The van der Waals surface area contributed by atoms with Gasteiger partial charge >= 0.3 is 6.09 Å². The normalized spacial score (nSPS) is 26.6. The lowest BCUT2D eigenvalue weighted by Crippen LogP contribution is -2.56. The molecule has 2 aliphatic rings. The SMILES string of the molecule is COc1cc2ccc3cc2cc1/C=C/CC(C)(C)COC(=O)N[C@@H](C(C)(C)C)C(=O)N1C[C@@]3(OC)C[C@H]1C=O. The molecule has 0 spiro atoms. The van der Waals surface area contributed by atoms with Crippen molar-refractivity contribution in [2.45, 2.75) is 65.1 Å². The van der Waals surface area contributed by atoms with E-state index in [1.807, 2.05) is 58.9 Å². The van der Waals surface area contributed by atoms with Crippen molar-refractivity contribution in [1.82, 2.24) is 10.2 Å². The molecule has 5 bridgehead atoms. The van der Waals surface area contributed by atoms with Crippen LogP contribution in [-0.4, -0.2) is 62.6 Å². The molecule has 0 saturated carbocycles. The predicted octanol–water partition coefficient (Wildman–Crippen LogP) is 5.07. The lowest BCUT2D eigenvalue weighted by atomic mass is 9.85. The molecule has 1 N–H and O–H groups in total. The topological polar surface area (TPSA) is 94.2 Å². The van der Waals surface area contributed by atoms with Crippen molar-refractivity contribution in [1.29, 1.82) is 0 Å². The van der Waals surface area contributed by atoms with Gasteiger partial charge in [-0.25, -0.2) is 4.79 Å². The number of allylic oxidation sites excluding steroid dienone is 1. The van der Waals surface area contributed by atoms with E-state index < -0.39 is 29.2 Å². The van der Waals surface area contributed by atoms with Crippen molar-refractivity contribution in [2.24, 2.45) is 10.8 Å². The van der Waals surface area contributed by atoms with E-state index in [1.165, 1.54) is 4.90 Å². The molecule has 1 fully saturated rings. The van der Waals surface area contributed by atoms with Crippen molar-refractivity contribution >= 4 is 35.1 Å². The highest BCUT2D eigenvalue weighted by Gasteiger charge is 2.50. The minimum atomic E-state index is -0.895. The number of aldehydes is 1. The summed E-state index contributed by atoms with van der Waals surface area (Å²) in [7, 11) is 3.25. The van der Waals surface area contributed by atoms with Gasteiger partial charge in [0.05, 0.1) is 26.3 Å². The number of rotatable bonds is 3. The van der Waals surface area contributed by atoms with E-state index in [1.54, 1.807) is 14.2 Å². The maximum atomic E-state index is 13.9. The van der Waals surface area contributed by atoms with Gasteiger partial charge in [-0.1, -0.05) is 58.9 Å². The number of carbonyl (C=O) groups is 3. The van der Waals surface area contributed by atoms with E-state index in [0.29, 0.717) is 12.8 Å². The van der Waals surface area contributed by atoms with Gasteiger partial charge < -0.3 is 29.2 Å². The Labute approximate surface area is 230 Å². The summed E-state index contributed by atoms with van der Waals surface area (Å²) in [5.41, 5.74) is -0.0517. The second-order valence-corrected chi connectivity index (χ2v) is 12.5. The summed E-state index contributed by atoms with van der Waals surface area (Å²) < 4.78 is 17.3. The number of methoxy groups -OCH3 is 2. The molecule has 39 heavy (non-hydrogen) atoms. The van der Waals surface area contributed by atoms with E-state index in [-0.39, 0.29) is 24.5 Å². The molecule has 2 amide bonds. The third kappa shape index (κ3) is 5.81. The van der Waals surface area contributed by atoms with Gasteiger partial charge in [0.25, 0.3) is 0 Å². The molecule has 0 aliphatic carbocycles.